The van der Waals surface area contributed by atoms with E-state index >= 15 is 0 Å². The lowest BCUT2D eigenvalue weighted by Crippen LogP contribution is -2.26. The lowest BCUT2D eigenvalue weighted by atomic mass is 9.72. The minimum atomic E-state index is -0.219. The maximum atomic E-state index is 12.4. The van der Waals surface area contributed by atoms with Gasteiger partial charge in [-0.25, -0.2) is 0 Å². The molecule has 0 fully saturated rings. The number of nitrogens with zero attached hydrogens (tertiary/aromatic N) is 1. The number of anilines is 1. The summed E-state index contributed by atoms with van der Waals surface area (Å²) in [5.74, 6) is 0.971. The van der Waals surface area contributed by atoms with Crippen LogP contribution in [-0.4, -0.2) is 5.91 Å². The van der Waals surface area contributed by atoms with Gasteiger partial charge in [0.2, 0.25) is 0 Å². The quantitative estimate of drug-likeness (QED) is 0.842. The van der Waals surface area contributed by atoms with Crippen LogP contribution in [0.1, 0.15) is 59.3 Å². The van der Waals surface area contributed by atoms with Crippen LogP contribution >= 0.6 is 11.3 Å². The van der Waals surface area contributed by atoms with Crippen LogP contribution in [-0.2, 0) is 12.8 Å². The Bertz CT molecular complexity index is 818. The van der Waals surface area contributed by atoms with E-state index in [0.29, 0.717) is 27.8 Å². The number of amides is 1. The molecule has 126 valence electrons. The first-order valence-corrected chi connectivity index (χ1v) is 9.03. The number of hydrogen-bond acceptors (Lipinski definition) is 4. The van der Waals surface area contributed by atoms with Gasteiger partial charge < -0.3 is 9.73 Å². The van der Waals surface area contributed by atoms with Gasteiger partial charge in [0.15, 0.2) is 0 Å². The van der Waals surface area contributed by atoms with E-state index in [9.17, 15) is 10.1 Å². The summed E-state index contributed by atoms with van der Waals surface area (Å²) in [7, 11) is 0. The number of aryl methyl sites for hydroxylation is 1. The summed E-state index contributed by atoms with van der Waals surface area (Å²) in [5.41, 5.74) is 2.53. The van der Waals surface area contributed by atoms with Gasteiger partial charge in [-0.05, 0) is 49.1 Å². The lowest BCUT2D eigenvalue weighted by Gasteiger charge is -2.33. The zero-order valence-corrected chi connectivity index (χ0v) is 15.3. The fourth-order valence-electron chi connectivity index (χ4n) is 3.32. The molecule has 0 aromatic carbocycles. The van der Waals surface area contributed by atoms with E-state index in [-0.39, 0.29) is 11.3 Å². The van der Waals surface area contributed by atoms with Gasteiger partial charge in [-0.2, -0.15) is 5.26 Å². The number of rotatable bonds is 2. The molecule has 3 rings (SSSR count). The van der Waals surface area contributed by atoms with E-state index in [4.69, 9.17) is 4.42 Å². The molecule has 0 unspecified atom stereocenters. The molecule has 1 aliphatic carbocycles. The largest absolute Gasteiger partial charge is 0.469 e. The second-order valence-corrected chi connectivity index (χ2v) is 8.58. The second kappa shape index (κ2) is 6.10. The highest BCUT2D eigenvalue weighted by Crippen LogP contribution is 2.44. The van der Waals surface area contributed by atoms with Crippen molar-refractivity contribution in [3.63, 3.8) is 0 Å². The number of carbonyl (C=O) groups excluding carboxylic acids is 1. The van der Waals surface area contributed by atoms with Gasteiger partial charge >= 0.3 is 0 Å². The molecule has 4 nitrogen and oxygen atoms in total. The van der Waals surface area contributed by atoms with Crippen molar-refractivity contribution in [3.8, 4) is 6.07 Å². The van der Waals surface area contributed by atoms with E-state index < -0.39 is 0 Å². The molecular weight excluding hydrogens is 320 g/mol. The summed E-state index contributed by atoms with van der Waals surface area (Å²) >= 11 is 1.55. The van der Waals surface area contributed by atoms with Crippen LogP contribution in [0, 0.1) is 29.6 Å². The predicted molar refractivity (Wildman–Crippen MR) is 95.4 cm³/mol. The molecule has 1 aliphatic rings. The zero-order chi connectivity index (χ0) is 17.5. The van der Waals surface area contributed by atoms with Crippen LogP contribution in [0.2, 0.25) is 0 Å². The molecule has 2 aromatic rings. The van der Waals surface area contributed by atoms with Crippen LogP contribution in [0.3, 0.4) is 0 Å². The normalized spacial score (nSPS) is 17.2. The molecule has 2 aromatic heterocycles. The Labute approximate surface area is 146 Å². The summed E-state index contributed by atoms with van der Waals surface area (Å²) < 4.78 is 5.19. The van der Waals surface area contributed by atoms with Crippen LogP contribution in [0.5, 0.6) is 0 Å². The average molecular weight is 342 g/mol. The van der Waals surface area contributed by atoms with E-state index in [1.54, 1.807) is 24.3 Å². The van der Waals surface area contributed by atoms with Crippen molar-refractivity contribution in [2.75, 3.05) is 5.32 Å². The van der Waals surface area contributed by atoms with Crippen molar-refractivity contribution >= 4 is 22.2 Å². The molecule has 0 spiro atoms. The van der Waals surface area contributed by atoms with E-state index in [1.165, 1.54) is 11.1 Å². The van der Waals surface area contributed by atoms with Gasteiger partial charge in [-0.1, -0.05) is 20.8 Å². The highest BCUT2D eigenvalue weighted by molar-refractivity contribution is 7.16. The van der Waals surface area contributed by atoms with Gasteiger partial charge in [-0.3, -0.25) is 4.79 Å². The minimum Gasteiger partial charge on any atom is -0.469 e. The standard InChI is InChI=1S/C19H22N2O2S/c1-11-13(7-8-23-11)17(22)21-18-15(10-20)14-6-5-12(19(2,3)4)9-16(14)24-18/h7-8,12H,5-6,9H2,1-4H3,(H,21,22)/t12-/m0/s1. The molecule has 1 atom stereocenters. The van der Waals surface area contributed by atoms with Gasteiger partial charge in [-0.15, -0.1) is 11.3 Å². The Balaban J connectivity index is 1.89. The third-order valence-electron chi connectivity index (χ3n) is 4.93. The first-order chi connectivity index (χ1) is 11.3. The Morgan fingerprint density at radius 2 is 2.21 bits per heavy atom. The third-order valence-corrected chi connectivity index (χ3v) is 6.10. The smallest absolute Gasteiger partial charge is 0.259 e. The van der Waals surface area contributed by atoms with Gasteiger partial charge in [0.1, 0.15) is 16.8 Å². The summed E-state index contributed by atoms with van der Waals surface area (Å²) in [4.78, 5) is 13.7. The highest BCUT2D eigenvalue weighted by Gasteiger charge is 2.32. The minimum absolute atomic E-state index is 0.219. The second-order valence-electron chi connectivity index (χ2n) is 7.47. The zero-order valence-electron chi connectivity index (χ0n) is 14.5. The van der Waals surface area contributed by atoms with Gasteiger partial charge in [0.05, 0.1) is 17.4 Å². The number of thiophene rings is 1. The molecule has 0 saturated heterocycles. The van der Waals surface area contributed by atoms with Crippen molar-refractivity contribution < 1.29 is 9.21 Å². The van der Waals surface area contributed by atoms with Crippen LogP contribution < -0.4 is 5.32 Å². The number of nitriles is 1. The van der Waals surface area contributed by atoms with Gasteiger partial charge in [0, 0.05) is 4.88 Å². The Hall–Kier alpha value is -2.06. The Morgan fingerprint density at radius 3 is 2.79 bits per heavy atom. The van der Waals surface area contributed by atoms with Crippen molar-refractivity contribution in [2.45, 2.75) is 47.0 Å². The van der Waals surface area contributed by atoms with E-state index in [0.717, 1.165) is 24.8 Å². The molecule has 1 amide bonds. The fourth-order valence-corrected chi connectivity index (χ4v) is 4.60. The van der Waals surface area contributed by atoms with Crippen LogP contribution in [0.25, 0.3) is 0 Å². The number of fused-ring (bicyclic) bond motifs is 1. The summed E-state index contributed by atoms with van der Waals surface area (Å²) in [6.45, 7) is 8.57. The Morgan fingerprint density at radius 1 is 1.46 bits per heavy atom. The third kappa shape index (κ3) is 2.99. The fraction of sp³-hybridized carbons (Fsp3) is 0.474. The highest BCUT2D eigenvalue weighted by atomic mass is 32.1. The van der Waals surface area contributed by atoms with E-state index in [2.05, 4.69) is 32.2 Å². The number of nitrogens with one attached hydrogen (secondary N) is 1. The molecule has 0 saturated carbocycles. The molecule has 0 aliphatic heterocycles. The van der Waals surface area contributed by atoms with E-state index in [1.807, 2.05) is 0 Å². The SMILES string of the molecule is Cc1occc1C(=O)Nc1sc2c(c1C#N)CC[C@H](C(C)(C)C)C2. The topological polar surface area (TPSA) is 66.0 Å². The molecule has 0 bridgehead atoms. The molecule has 2 heterocycles. The average Bonchev–Trinajstić information content (AvgIpc) is 3.08. The molecule has 24 heavy (non-hydrogen) atoms. The first-order valence-electron chi connectivity index (χ1n) is 8.21. The van der Waals surface area contributed by atoms with Crippen molar-refractivity contribution in [2.24, 2.45) is 11.3 Å². The molecule has 0 radical (unpaired) electrons. The number of carbonyl (C=O) groups is 1. The summed E-state index contributed by atoms with van der Waals surface area (Å²) in [6, 6.07) is 3.95. The monoisotopic (exact) mass is 342 g/mol. The maximum Gasteiger partial charge on any atom is 0.259 e. The Kier molecular flexibility index (Phi) is 4.27. The van der Waals surface area contributed by atoms with Crippen molar-refractivity contribution in [3.05, 3.63) is 39.7 Å². The maximum absolute atomic E-state index is 12.4. The van der Waals surface area contributed by atoms with Crippen molar-refractivity contribution in [1.29, 1.82) is 5.26 Å². The summed E-state index contributed by atoms with van der Waals surface area (Å²) in [6.07, 6.45) is 4.50. The first kappa shape index (κ1) is 16.8. The predicted octanol–water partition coefficient (Wildman–Crippen LogP) is 4.92. The summed E-state index contributed by atoms with van der Waals surface area (Å²) in [5, 5.41) is 13.2. The lowest BCUT2D eigenvalue weighted by molar-refractivity contribution is 0.102. The number of furan rings is 1. The van der Waals surface area contributed by atoms with Crippen molar-refractivity contribution in [1.82, 2.24) is 0 Å². The van der Waals surface area contributed by atoms with Gasteiger partial charge in [0.25, 0.3) is 5.91 Å². The molecule has 5 heteroatoms. The van der Waals surface area contributed by atoms with Crippen LogP contribution in [0.15, 0.2) is 16.7 Å². The number of hydrogen-bond donors (Lipinski definition) is 1. The van der Waals surface area contributed by atoms with Crippen LogP contribution in [0.4, 0.5) is 5.00 Å². The molecule has 1 N–H and O–H groups in total. The molecular formula is C19H22N2O2S.